The van der Waals surface area contributed by atoms with E-state index in [0.29, 0.717) is 22.7 Å². The van der Waals surface area contributed by atoms with E-state index in [4.69, 9.17) is 9.47 Å². The van der Waals surface area contributed by atoms with E-state index in [-0.39, 0.29) is 6.61 Å². The molecule has 0 spiro atoms. The van der Waals surface area contributed by atoms with Crippen molar-refractivity contribution in [3.8, 4) is 5.75 Å². The van der Waals surface area contributed by atoms with Gasteiger partial charge in [0.25, 0.3) is 0 Å². The van der Waals surface area contributed by atoms with Crippen LogP contribution >= 0.6 is 0 Å². The van der Waals surface area contributed by atoms with E-state index in [1.807, 2.05) is 0 Å². The Labute approximate surface area is 164 Å². The van der Waals surface area contributed by atoms with Crippen LogP contribution in [0.1, 0.15) is 17.3 Å². The zero-order chi connectivity index (χ0) is 20.7. The number of carbonyl (C=O) groups excluding carboxylic acids is 2. The van der Waals surface area contributed by atoms with Crippen LogP contribution in [0.2, 0.25) is 0 Å². The van der Waals surface area contributed by atoms with Gasteiger partial charge < -0.3 is 14.8 Å². The van der Waals surface area contributed by atoms with E-state index in [1.54, 1.807) is 43.3 Å². The molecule has 0 radical (unpaired) electrons. The maximum atomic E-state index is 12.4. The van der Waals surface area contributed by atoms with Crippen LogP contribution in [-0.2, 0) is 19.6 Å². The molecule has 2 aromatic carbocycles. The Bertz CT molecular complexity index is 924. The molecule has 9 heteroatoms. The summed E-state index contributed by atoms with van der Waals surface area (Å²) in [5.41, 5.74) is 1.13. The summed E-state index contributed by atoms with van der Waals surface area (Å²) < 4.78 is 35.2. The molecular weight excluding hydrogens is 384 g/mol. The first kappa shape index (κ1) is 21.2. The van der Waals surface area contributed by atoms with E-state index >= 15 is 0 Å². The van der Waals surface area contributed by atoms with Crippen molar-refractivity contribution in [2.45, 2.75) is 6.92 Å². The summed E-state index contributed by atoms with van der Waals surface area (Å²) in [6.45, 7) is 1.58. The van der Waals surface area contributed by atoms with Gasteiger partial charge in [-0.3, -0.25) is 9.10 Å². The second-order valence-electron chi connectivity index (χ2n) is 5.81. The molecule has 0 saturated carbocycles. The molecule has 2 rings (SSSR count). The SMILES string of the molecule is CCOC(=O)c1ccc(NC(=O)CN(c2ccc(OC)cc2)S(C)(=O)=O)cc1. The van der Waals surface area contributed by atoms with Crippen molar-refractivity contribution in [3.63, 3.8) is 0 Å². The summed E-state index contributed by atoms with van der Waals surface area (Å²) in [5, 5.41) is 2.61. The lowest BCUT2D eigenvalue weighted by molar-refractivity contribution is -0.114. The molecule has 0 unspecified atom stereocenters. The molecule has 0 fully saturated rings. The standard InChI is InChI=1S/C19H22N2O6S/c1-4-27-19(23)14-5-7-15(8-6-14)20-18(22)13-21(28(3,24)25)16-9-11-17(26-2)12-10-16/h5-12H,4,13H2,1-3H3,(H,20,22). The number of rotatable bonds is 8. The van der Waals surface area contributed by atoms with Crippen LogP contribution in [0.5, 0.6) is 5.75 Å². The van der Waals surface area contributed by atoms with Crippen LogP contribution in [-0.4, -0.2) is 46.8 Å². The Balaban J connectivity index is 2.10. The molecule has 8 nitrogen and oxygen atoms in total. The lowest BCUT2D eigenvalue weighted by Gasteiger charge is -2.22. The Morgan fingerprint density at radius 3 is 2.14 bits per heavy atom. The van der Waals surface area contributed by atoms with E-state index < -0.39 is 28.4 Å². The van der Waals surface area contributed by atoms with Gasteiger partial charge in [0.15, 0.2) is 0 Å². The molecule has 1 amide bonds. The number of ether oxygens (including phenoxy) is 2. The van der Waals surface area contributed by atoms with Gasteiger partial charge in [0.1, 0.15) is 12.3 Å². The summed E-state index contributed by atoms with van der Waals surface area (Å²) >= 11 is 0. The van der Waals surface area contributed by atoms with Crippen molar-refractivity contribution < 1.29 is 27.5 Å². The molecule has 0 aliphatic heterocycles. The first-order valence-electron chi connectivity index (χ1n) is 8.43. The summed E-state index contributed by atoms with van der Waals surface area (Å²) in [6.07, 6.45) is 1.03. The Morgan fingerprint density at radius 2 is 1.64 bits per heavy atom. The number of esters is 1. The molecule has 28 heavy (non-hydrogen) atoms. The lowest BCUT2D eigenvalue weighted by Crippen LogP contribution is -2.37. The average molecular weight is 406 g/mol. The van der Waals surface area contributed by atoms with Crippen molar-refractivity contribution >= 4 is 33.3 Å². The average Bonchev–Trinajstić information content (AvgIpc) is 2.66. The Kier molecular flexibility index (Phi) is 7.00. The Hall–Kier alpha value is -3.07. The predicted octanol–water partition coefficient (Wildman–Crippen LogP) is 2.28. The monoisotopic (exact) mass is 406 g/mol. The lowest BCUT2D eigenvalue weighted by atomic mass is 10.2. The molecule has 0 atom stereocenters. The van der Waals surface area contributed by atoms with E-state index in [1.165, 1.54) is 19.2 Å². The topological polar surface area (TPSA) is 102 Å². The first-order chi connectivity index (χ1) is 13.2. The summed E-state index contributed by atoms with van der Waals surface area (Å²) in [6, 6.07) is 12.5. The molecule has 0 bridgehead atoms. The highest BCUT2D eigenvalue weighted by Crippen LogP contribution is 2.21. The number of hydrogen-bond acceptors (Lipinski definition) is 6. The minimum atomic E-state index is -3.68. The van der Waals surface area contributed by atoms with E-state index in [9.17, 15) is 18.0 Å². The first-order valence-corrected chi connectivity index (χ1v) is 10.3. The van der Waals surface area contributed by atoms with Crippen LogP contribution < -0.4 is 14.4 Å². The summed E-state index contributed by atoms with van der Waals surface area (Å²) in [4.78, 5) is 24.0. The minimum absolute atomic E-state index is 0.268. The third-order valence-corrected chi connectivity index (χ3v) is 4.87. The number of anilines is 2. The number of amides is 1. The normalized spacial score (nSPS) is 10.8. The molecule has 0 aliphatic carbocycles. The van der Waals surface area contributed by atoms with Gasteiger partial charge in [0, 0.05) is 5.69 Å². The van der Waals surface area contributed by atoms with Gasteiger partial charge in [-0.2, -0.15) is 0 Å². The molecule has 0 saturated heterocycles. The van der Waals surface area contributed by atoms with Crippen LogP contribution in [0.25, 0.3) is 0 Å². The summed E-state index contributed by atoms with van der Waals surface area (Å²) in [5.74, 6) is -0.406. The number of benzene rings is 2. The zero-order valence-corrected chi connectivity index (χ0v) is 16.7. The van der Waals surface area contributed by atoms with Crippen molar-refractivity contribution in [2.75, 3.05) is 36.1 Å². The summed E-state index contributed by atoms with van der Waals surface area (Å²) in [7, 11) is -2.17. The Morgan fingerprint density at radius 1 is 1.04 bits per heavy atom. The smallest absolute Gasteiger partial charge is 0.338 e. The van der Waals surface area contributed by atoms with Gasteiger partial charge >= 0.3 is 5.97 Å². The second kappa shape index (κ2) is 9.23. The third kappa shape index (κ3) is 5.71. The predicted molar refractivity (Wildman–Crippen MR) is 106 cm³/mol. The molecule has 0 aromatic heterocycles. The molecule has 2 aromatic rings. The quantitative estimate of drug-likeness (QED) is 0.675. The molecule has 0 aliphatic rings. The van der Waals surface area contributed by atoms with Crippen LogP contribution in [0.3, 0.4) is 0 Å². The highest BCUT2D eigenvalue weighted by atomic mass is 32.2. The van der Waals surface area contributed by atoms with Gasteiger partial charge in [0.2, 0.25) is 15.9 Å². The molecular formula is C19H22N2O6S. The number of hydrogen-bond donors (Lipinski definition) is 1. The zero-order valence-electron chi connectivity index (χ0n) is 15.8. The maximum absolute atomic E-state index is 12.4. The number of nitrogens with zero attached hydrogens (tertiary/aromatic N) is 1. The largest absolute Gasteiger partial charge is 0.497 e. The minimum Gasteiger partial charge on any atom is -0.497 e. The fourth-order valence-corrected chi connectivity index (χ4v) is 3.24. The third-order valence-electron chi connectivity index (χ3n) is 3.73. The highest BCUT2D eigenvalue weighted by molar-refractivity contribution is 7.92. The van der Waals surface area contributed by atoms with Gasteiger partial charge in [-0.05, 0) is 55.5 Å². The van der Waals surface area contributed by atoms with E-state index in [2.05, 4.69) is 5.32 Å². The highest BCUT2D eigenvalue weighted by Gasteiger charge is 2.21. The maximum Gasteiger partial charge on any atom is 0.338 e. The van der Waals surface area contributed by atoms with Crippen molar-refractivity contribution in [3.05, 3.63) is 54.1 Å². The molecule has 0 heterocycles. The molecule has 1 N–H and O–H groups in total. The van der Waals surface area contributed by atoms with Gasteiger partial charge in [-0.15, -0.1) is 0 Å². The van der Waals surface area contributed by atoms with Crippen molar-refractivity contribution in [2.24, 2.45) is 0 Å². The second-order valence-corrected chi connectivity index (χ2v) is 7.72. The number of nitrogens with one attached hydrogen (secondary N) is 1. The molecule has 150 valence electrons. The fourth-order valence-electron chi connectivity index (χ4n) is 2.38. The van der Waals surface area contributed by atoms with Gasteiger partial charge in [0.05, 0.1) is 31.2 Å². The number of methoxy groups -OCH3 is 1. The fraction of sp³-hybridized carbons (Fsp3) is 0.263. The van der Waals surface area contributed by atoms with Crippen LogP contribution in [0.4, 0.5) is 11.4 Å². The van der Waals surface area contributed by atoms with Crippen LogP contribution in [0.15, 0.2) is 48.5 Å². The van der Waals surface area contributed by atoms with Crippen LogP contribution in [0, 0.1) is 0 Å². The van der Waals surface area contributed by atoms with E-state index in [0.717, 1.165) is 10.6 Å². The van der Waals surface area contributed by atoms with Crippen molar-refractivity contribution in [1.82, 2.24) is 0 Å². The van der Waals surface area contributed by atoms with Gasteiger partial charge in [-0.1, -0.05) is 0 Å². The van der Waals surface area contributed by atoms with Gasteiger partial charge in [-0.25, -0.2) is 13.2 Å². The number of carbonyl (C=O) groups is 2. The number of sulfonamides is 1. The van der Waals surface area contributed by atoms with Crippen molar-refractivity contribution in [1.29, 1.82) is 0 Å².